The molecule has 1 aliphatic heterocycles. The minimum atomic E-state index is 0.576. The zero-order valence-corrected chi connectivity index (χ0v) is 12.2. The number of likely N-dealkylation sites (N-methyl/N-ethyl adjacent to an activating group) is 1. The molecule has 2 N–H and O–H groups in total. The lowest BCUT2D eigenvalue weighted by Crippen LogP contribution is -2.30. The Kier molecular flexibility index (Phi) is 4.96. The molecule has 1 unspecified atom stereocenters. The Bertz CT molecular complexity index is 407. The second-order valence-electron chi connectivity index (χ2n) is 5.16. The van der Waals surface area contributed by atoms with Gasteiger partial charge in [0.15, 0.2) is 0 Å². The summed E-state index contributed by atoms with van der Waals surface area (Å²) in [5.74, 6) is 2.83. The molecule has 5 nitrogen and oxygen atoms in total. The molecule has 0 aliphatic carbocycles. The average Bonchev–Trinajstić information content (AvgIpc) is 2.87. The van der Waals surface area contributed by atoms with Crippen LogP contribution in [0.3, 0.4) is 0 Å². The van der Waals surface area contributed by atoms with E-state index in [-0.39, 0.29) is 0 Å². The van der Waals surface area contributed by atoms with Gasteiger partial charge in [-0.05, 0) is 26.8 Å². The van der Waals surface area contributed by atoms with E-state index in [2.05, 4.69) is 38.5 Å². The van der Waals surface area contributed by atoms with E-state index in [0.29, 0.717) is 6.04 Å². The Balaban J connectivity index is 2.04. The van der Waals surface area contributed by atoms with E-state index in [1.165, 1.54) is 19.3 Å². The van der Waals surface area contributed by atoms with Crippen LogP contribution in [0.5, 0.6) is 0 Å². The molecule has 0 saturated carbocycles. The molecule has 1 aromatic heterocycles. The molecule has 2 heterocycles. The fraction of sp³-hybridized carbons (Fsp3) is 0.714. The Hall–Kier alpha value is -1.36. The van der Waals surface area contributed by atoms with E-state index in [1.54, 1.807) is 0 Å². The van der Waals surface area contributed by atoms with E-state index in [9.17, 15) is 0 Å². The molecule has 0 radical (unpaired) electrons. The van der Waals surface area contributed by atoms with Gasteiger partial charge in [-0.3, -0.25) is 0 Å². The first-order valence-corrected chi connectivity index (χ1v) is 7.24. The van der Waals surface area contributed by atoms with Crippen LogP contribution in [0.25, 0.3) is 0 Å². The van der Waals surface area contributed by atoms with E-state index >= 15 is 0 Å². The molecule has 2 rings (SSSR count). The van der Waals surface area contributed by atoms with E-state index in [4.69, 9.17) is 0 Å². The molecule has 1 fully saturated rings. The third-order valence-corrected chi connectivity index (χ3v) is 3.58. The van der Waals surface area contributed by atoms with Crippen molar-refractivity contribution in [3.8, 4) is 0 Å². The maximum absolute atomic E-state index is 4.56. The topological polar surface area (TPSA) is 53.1 Å². The van der Waals surface area contributed by atoms with Crippen LogP contribution < -0.4 is 15.5 Å². The summed E-state index contributed by atoms with van der Waals surface area (Å²) >= 11 is 0. The molecule has 0 spiro atoms. The number of nitrogens with zero attached hydrogens (tertiary/aromatic N) is 3. The number of unbranched alkanes of at least 4 members (excludes halogenated alkanes) is 1. The Labute approximate surface area is 115 Å². The highest BCUT2D eigenvalue weighted by Gasteiger charge is 2.22. The van der Waals surface area contributed by atoms with E-state index in [0.717, 1.165) is 37.1 Å². The minimum absolute atomic E-state index is 0.576. The molecule has 1 aromatic rings. The van der Waals surface area contributed by atoms with Crippen molar-refractivity contribution >= 4 is 11.6 Å². The zero-order valence-electron chi connectivity index (χ0n) is 12.2. The molecule has 1 atom stereocenters. The van der Waals surface area contributed by atoms with Crippen LogP contribution in [0.2, 0.25) is 0 Å². The van der Waals surface area contributed by atoms with Gasteiger partial charge >= 0.3 is 0 Å². The standard InChI is InChI=1S/C14H25N5/c1-4-5-7-16-13-9-14(18-11(2)17-13)19-8-6-12(10-19)15-3/h9,12,15H,4-8,10H2,1-3H3,(H,16,17,18). The van der Waals surface area contributed by atoms with E-state index < -0.39 is 0 Å². The molecule has 1 aliphatic rings. The van der Waals surface area contributed by atoms with Gasteiger partial charge in [0.05, 0.1) is 0 Å². The maximum Gasteiger partial charge on any atom is 0.134 e. The highest BCUT2D eigenvalue weighted by molar-refractivity contribution is 5.50. The van der Waals surface area contributed by atoms with Gasteiger partial charge in [-0.2, -0.15) is 0 Å². The summed E-state index contributed by atoms with van der Waals surface area (Å²) in [4.78, 5) is 11.3. The lowest BCUT2D eigenvalue weighted by molar-refractivity contribution is 0.616. The van der Waals surface area contributed by atoms with Crippen LogP contribution in [0.15, 0.2) is 6.07 Å². The molecule has 106 valence electrons. The monoisotopic (exact) mass is 263 g/mol. The zero-order chi connectivity index (χ0) is 13.7. The van der Waals surface area contributed by atoms with Crippen molar-refractivity contribution in [2.24, 2.45) is 0 Å². The van der Waals surface area contributed by atoms with Gasteiger partial charge < -0.3 is 15.5 Å². The Morgan fingerprint density at radius 2 is 2.26 bits per heavy atom. The summed E-state index contributed by atoms with van der Waals surface area (Å²) in [7, 11) is 2.02. The predicted molar refractivity (Wildman–Crippen MR) is 79.8 cm³/mol. The van der Waals surface area contributed by atoms with Crippen LogP contribution in [0, 0.1) is 6.92 Å². The van der Waals surface area contributed by atoms with Gasteiger partial charge in [0.25, 0.3) is 0 Å². The second-order valence-corrected chi connectivity index (χ2v) is 5.16. The first kappa shape index (κ1) is 14.1. The Morgan fingerprint density at radius 3 is 2.95 bits per heavy atom. The van der Waals surface area contributed by atoms with Gasteiger partial charge in [0.2, 0.25) is 0 Å². The lowest BCUT2D eigenvalue weighted by atomic mass is 10.3. The van der Waals surface area contributed by atoms with Crippen LogP contribution in [0.1, 0.15) is 32.0 Å². The number of nitrogens with one attached hydrogen (secondary N) is 2. The molecule has 1 saturated heterocycles. The fourth-order valence-electron chi connectivity index (χ4n) is 2.40. The van der Waals surface area contributed by atoms with Crippen molar-refractivity contribution in [3.63, 3.8) is 0 Å². The minimum Gasteiger partial charge on any atom is -0.370 e. The first-order valence-electron chi connectivity index (χ1n) is 7.24. The highest BCUT2D eigenvalue weighted by atomic mass is 15.2. The third kappa shape index (κ3) is 3.80. The molecular formula is C14H25N5. The van der Waals surface area contributed by atoms with Crippen LogP contribution >= 0.6 is 0 Å². The smallest absolute Gasteiger partial charge is 0.134 e. The molecule has 5 heteroatoms. The number of hydrogen-bond donors (Lipinski definition) is 2. The van der Waals surface area contributed by atoms with Crippen molar-refractivity contribution in [2.45, 2.75) is 39.2 Å². The van der Waals surface area contributed by atoms with Crippen molar-refractivity contribution in [1.82, 2.24) is 15.3 Å². The van der Waals surface area contributed by atoms with Crippen LogP contribution in [0.4, 0.5) is 11.6 Å². The van der Waals surface area contributed by atoms with Crippen LogP contribution in [-0.4, -0.2) is 42.7 Å². The number of aromatic nitrogens is 2. The van der Waals surface area contributed by atoms with Crippen molar-refractivity contribution in [1.29, 1.82) is 0 Å². The molecule has 0 bridgehead atoms. The summed E-state index contributed by atoms with van der Waals surface area (Å²) in [5, 5.41) is 6.72. The van der Waals surface area contributed by atoms with Crippen molar-refractivity contribution in [3.05, 3.63) is 11.9 Å². The van der Waals surface area contributed by atoms with Crippen molar-refractivity contribution in [2.75, 3.05) is 36.9 Å². The molecule has 0 amide bonds. The molecular weight excluding hydrogens is 238 g/mol. The predicted octanol–water partition coefficient (Wildman–Crippen LogP) is 1.80. The average molecular weight is 263 g/mol. The number of anilines is 2. The molecule has 0 aromatic carbocycles. The lowest BCUT2D eigenvalue weighted by Gasteiger charge is -2.18. The SMILES string of the molecule is CCCCNc1cc(N2CCC(NC)C2)nc(C)n1. The summed E-state index contributed by atoms with van der Waals surface area (Å²) < 4.78 is 0. The summed E-state index contributed by atoms with van der Waals surface area (Å²) in [6.45, 7) is 7.23. The number of hydrogen-bond acceptors (Lipinski definition) is 5. The maximum atomic E-state index is 4.56. The fourth-order valence-corrected chi connectivity index (χ4v) is 2.40. The van der Waals surface area contributed by atoms with Gasteiger partial charge in [0.1, 0.15) is 17.5 Å². The largest absolute Gasteiger partial charge is 0.370 e. The van der Waals surface area contributed by atoms with Crippen LogP contribution in [-0.2, 0) is 0 Å². The van der Waals surface area contributed by atoms with Gasteiger partial charge in [-0.25, -0.2) is 9.97 Å². The summed E-state index contributed by atoms with van der Waals surface area (Å²) in [6, 6.07) is 2.65. The third-order valence-electron chi connectivity index (χ3n) is 3.58. The van der Waals surface area contributed by atoms with E-state index in [1.807, 2.05) is 14.0 Å². The Morgan fingerprint density at radius 1 is 1.42 bits per heavy atom. The van der Waals surface area contributed by atoms with Crippen molar-refractivity contribution < 1.29 is 0 Å². The second kappa shape index (κ2) is 6.70. The first-order chi connectivity index (χ1) is 9.22. The summed E-state index contributed by atoms with van der Waals surface area (Å²) in [6.07, 6.45) is 3.54. The number of rotatable bonds is 6. The molecule has 19 heavy (non-hydrogen) atoms. The normalized spacial score (nSPS) is 18.9. The van der Waals surface area contributed by atoms with Gasteiger partial charge in [0, 0.05) is 31.7 Å². The highest BCUT2D eigenvalue weighted by Crippen LogP contribution is 2.20. The number of aryl methyl sites for hydroxylation is 1. The van der Waals surface area contributed by atoms with Gasteiger partial charge in [-0.1, -0.05) is 13.3 Å². The summed E-state index contributed by atoms with van der Waals surface area (Å²) in [5.41, 5.74) is 0. The van der Waals surface area contributed by atoms with Gasteiger partial charge in [-0.15, -0.1) is 0 Å². The quantitative estimate of drug-likeness (QED) is 0.766.